The molecule has 31 heavy (non-hydrogen) atoms. The SMILES string of the molecule is CCCn1c(N2CC[C@@]3(CCc4ccc(C(=O)CO)cc4C3)C2=O)nc2ccccc21. The predicted octanol–water partition coefficient (Wildman–Crippen LogP) is 3.53. The largest absolute Gasteiger partial charge is 0.388 e. The molecule has 1 saturated heterocycles. The van der Waals surface area contributed by atoms with E-state index < -0.39 is 12.0 Å². The van der Waals surface area contributed by atoms with E-state index in [1.165, 1.54) is 5.56 Å². The van der Waals surface area contributed by atoms with Gasteiger partial charge < -0.3 is 9.67 Å². The smallest absolute Gasteiger partial charge is 0.235 e. The van der Waals surface area contributed by atoms with Gasteiger partial charge in [-0.05, 0) is 61.4 Å². The van der Waals surface area contributed by atoms with Crippen LogP contribution in [0.3, 0.4) is 0 Å². The number of aliphatic hydroxyl groups excluding tert-OH is 1. The summed E-state index contributed by atoms with van der Waals surface area (Å²) in [5.41, 5.74) is 4.32. The van der Waals surface area contributed by atoms with E-state index in [9.17, 15) is 14.7 Å². The van der Waals surface area contributed by atoms with E-state index in [0.29, 0.717) is 18.5 Å². The molecule has 2 aliphatic rings. The highest BCUT2D eigenvalue weighted by atomic mass is 16.3. The minimum Gasteiger partial charge on any atom is -0.388 e. The molecule has 0 radical (unpaired) electrons. The van der Waals surface area contributed by atoms with Crippen molar-refractivity contribution in [2.75, 3.05) is 18.1 Å². The summed E-state index contributed by atoms with van der Waals surface area (Å²) in [5, 5.41) is 9.21. The normalized spacial score (nSPS) is 20.6. The molecule has 0 saturated carbocycles. The van der Waals surface area contributed by atoms with Gasteiger partial charge in [0, 0.05) is 18.7 Å². The average Bonchev–Trinajstić information content (AvgIpc) is 3.31. The number of carbonyl (C=O) groups excluding carboxylic acids is 2. The third kappa shape index (κ3) is 3.17. The van der Waals surface area contributed by atoms with Crippen molar-refractivity contribution in [3.8, 4) is 0 Å². The Balaban J connectivity index is 1.49. The number of hydrogen-bond donors (Lipinski definition) is 1. The lowest BCUT2D eigenvalue weighted by atomic mass is 9.70. The fourth-order valence-electron chi connectivity index (χ4n) is 5.25. The Morgan fingerprint density at radius 1 is 1.16 bits per heavy atom. The van der Waals surface area contributed by atoms with Gasteiger partial charge in [0.1, 0.15) is 6.61 Å². The summed E-state index contributed by atoms with van der Waals surface area (Å²) in [7, 11) is 0. The fraction of sp³-hybridized carbons (Fsp3) is 0.400. The molecule has 0 bridgehead atoms. The van der Waals surface area contributed by atoms with Gasteiger partial charge in [-0.2, -0.15) is 0 Å². The van der Waals surface area contributed by atoms with E-state index in [1.807, 2.05) is 35.2 Å². The van der Waals surface area contributed by atoms with Crippen molar-refractivity contribution < 1.29 is 14.7 Å². The third-order valence-electron chi connectivity index (χ3n) is 6.91. The van der Waals surface area contributed by atoms with Crippen LogP contribution in [0.5, 0.6) is 0 Å². The second-order valence-electron chi connectivity index (χ2n) is 8.78. The van der Waals surface area contributed by atoms with Crippen molar-refractivity contribution in [3.63, 3.8) is 0 Å². The maximum atomic E-state index is 13.8. The minimum atomic E-state index is -0.496. The number of ketones is 1. The lowest BCUT2D eigenvalue weighted by Crippen LogP contribution is -2.39. The van der Waals surface area contributed by atoms with Gasteiger partial charge in [-0.3, -0.25) is 14.5 Å². The summed E-state index contributed by atoms with van der Waals surface area (Å²) in [4.78, 5) is 32.4. The first-order valence-electron chi connectivity index (χ1n) is 11.1. The Morgan fingerprint density at radius 3 is 2.81 bits per heavy atom. The van der Waals surface area contributed by atoms with Crippen LogP contribution in [0.25, 0.3) is 11.0 Å². The number of hydrogen-bond acceptors (Lipinski definition) is 4. The number of aromatic nitrogens is 2. The number of imidazole rings is 1. The van der Waals surface area contributed by atoms with Crippen LogP contribution in [-0.4, -0.2) is 39.5 Å². The fourth-order valence-corrected chi connectivity index (χ4v) is 5.25. The van der Waals surface area contributed by atoms with Crippen molar-refractivity contribution in [1.29, 1.82) is 0 Å². The Kier molecular flexibility index (Phi) is 4.89. The van der Waals surface area contributed by atoms with E-state index in [2.05, 4.69) is 17.6 Å². The van der Waals surface area contributed by atoms with Crippen LogP contribution in [0.1, 0.15) is 47.7 Å². The molecule has 1 fully saturated rings. The van der Waals surface area contributed by atoms with Crippen LogP contribution in [0, 0.1) is 5.41 Å². The second kappa shape index (κ2) is 7.61. The molecule has 5 rings (SSSR count). The van der Waals surface area contributed by atoms with Gasteiger partial charge in [0.25, 0.3) is 0 Å². The number of amides is 1. The van der Waals surface area contributed by atoms with Gasteiger partial charge in [0.15, 0.2) is 5.78 Å². The number of Topliss-reactive ketones (excluding diaryl/α,β-unsaturated/α-hetero) is 1. The molecule has 1 N–H and O–H groups in total. The van der Waals surface area contributed by atoms with Crippen molar-refractivity contribution >= 4 is 28.7 Å². The monoisotopic (exact) mass is 417 g/mol. The molecule has 1 aliphatic carbocycles. The van der Waals surface area contributed by atoms with E-state index >= 15 is 0 Å². The second-order valence-corrected chi connectivity index (χ2v) is 8.78. The Bertz CT molecular complexity index is 1180. The predicted molar refractivity (Wildman–Crippen MR) is 119 cm³/mol. The van der Waals surface area contributed by atoms with Crippen molar-refractivity contribution in [2.24, 2.45) is 5.41 Å². The first kappa shape index (κ1) is 19.9. The van der Waals surface area contributed by atoms with Crippen LogP contribution in [-0.2, 0) is 24.2 Å². The van der Waals surface area contributed by atoms with Gasteiger partial charge in [-0.1, -0.05) is 31.2 Å². The van der Waals surface area contributed by atoms with Crippen LogP contribution in [0.4, 0.5) is 5.95 Å². The maximum absolute atomic E-state index is 13.8. The van der Waals surface area contributed by atoms with E-state index in [-0.39, 0.29) is 11.7 Å². The van der Waals surface area contributed by atoms with Crippen molar-refractivity contribution in [2.45, 2.75) is 45.6 Å². The third-order valence-corrected chi connectivity index (χ3v) is 6.91. The lowest BCUT2D eigenvalue weighted by Gasteiger charge is -2.33. The molecular weight excluding hydrogens is 390 g/mol. The lowest BCUT2D eigenvalue weighted by molar-refractivity contribution is -0.126. The van der Waals surface area contributed by atoms with Gasteiger partial charge in [-0.15, -0.1) is 0 Å². The van der Waals surface area contributed by atoms with E-state index in [4.69, 9.17) is 4.98 Å². The van der Waals surface area contributed by atoms with Gasteiger partial charge in [0.2, 0.25) is 11.9 Å². The molecule has 6 nitrogen and oxygen atoms in total. The summed E-state index contributed by atoms with van der Waals surface area (Å²) in [6.07, 6.45) is 4.04. The highest BCUT2D eigenvalue weighted by Gasteiger charge is 2.49. The molecule has 2 aromatic carbocycles. The molecule has 1 spiro atoms. The molecule has 1 aliphatic heterocycles. The molecule has 1 atom stereocenters. The zero-order valence-corrected chi connectivity index (χ0v) is 17.8. The number of anilines is 1. The minimum absolute atomic E-state index is 0.143. The van der Waals surface area contributed by atoms with Gasteiger partial charge in [-0.25, -0.2) is 4.98 Å². The number of para-hydroxylation sites is 2. The van der Waals surface area contributed by atoms with Crippen LogP contribution in [0.15, 0.2) is 42.5 Å². The van der Waals surface area contributed by atoms with E-state index in [1.54, 1.807) is 6.07 Å². The topological polar surface area (TPSA) is 75.4 Å². The van der Waals surface area contributed by atoms with Crippen molar-refractivity contribution in [3.05, 3.63) is 59.2 Å². The molecule has 160 valence electrons. The summed E-state index contributed by atoms with van der Waals surface area (Å²) < 4.78 is 2.17. The molecular formula is C25H27N3O3. The highest BCUT2D eigenvalue weighted by Crippen LogP contribution is 2.45. The van der Waals surface area contributed by atoms with E-state index in [0.717, 1.165) is 54.8 Å². The number of rotatable bonds is 5. The number of fused-ring (bicyclic) bond motifs is 2. The molecule has 1 amide bonds. The number of carbonyl (C=O) groups is 2. The van der Waals surface area contributed by atoms with Crippen LogP contribution < -0.4 is 4.90 Å². The first-order chi connectivity index (χ1) is 15.1. The standard InChI is InChI=1S/C25H27N3O3/c1-2-12-27-21-6-4-3-5-20(21)26-24(27)28-13-11-25(23(28)31)10-9-17-7-8-18(22(30)16-29)14-19(17)15-25/h3-8,14,29H,2,9-13,15-16H2,1H3/t25-/m1/s1. The number of benzene rings is 2. The summed E-state index contributed by atoms with van der Waals surface area (Å²) >= 11 is 0. The number of aliphatic hydroxyl groups is 1. The van der Waals surface area contributed by atoms with Gasteiger partial charge >= 0.3 is 0 Å². The zero-order valence-electron chi connectivity index (χ0n) is 17.8. The Labute approximate surface area is 181 Å². The molecule has 0 unspecified atom stereocenters. The van der Waals surface area contributed by atoms with Crippen LogP contribution >= 0.6 is 0 Å². The maximum Gasteiger partial charge on any atom is 0.235 e. The summed E-state index contributed by atoms with van der Waals surface area (Å²) in [6.45, 7) is 3.12. The van der Waals surface area contributed by atoms with Gasteiger partial charge in [0.05, 0.1) is 16.4 Å². The molecule has 2 heterocycles. The Morgan fingerprint density at radius 2 is 2.00 bits per heavy atom. The molecule has 3 aromatic rings. The van der Waals surface area contributed by atoms with Crippen molar-refractivity contribution in [1.82, 2.24) is 9.55 Å². The number of aryl methyl sites for hydroxylation is 2. The summed E-state index contributed by atoms with van der Waals surface area (Å²) in [6, 6.07) is 13.7. The molecule has 1 aromatic heterocycles. The first-order valence-corrected chi connectivity index (χ1v) is 11.1. The van der Waals surface area contributed by atoms with Crippen LogP contribution in [0.2, 0.25) is 0 Å². The quantitative estimate of drug-likeness (QED) is 0.645. The summed E-state index contributed by atoms with van der Waals surface area (Å²) in [5.74, 6) is 0.611. The molecule has 6 heteroatoms. The Hall–Kier alpha value is -2.99. The average molecular weight is 418 g/mol. The highest BCUT2D eigenvalue weighted by molar-refractivity contribution is 6.00. The number of nitrogens with zero attached hydrogens (tertiary/aromatic N) is 3. The zero-order chi connectivity index (χ0) is 21.6.